The van der Waals surface area contributed by atoms with E-state index in [1.807, 2.05) is 6.92 Å². The van der Waals surface area contributed by atoms with Gasteiger partial charge in [0.25, 0.3) is 0 Å². The molecule has 2 aromatic carbocycles. The summed E-state index contributed by atoms with van der Waals surface area (Å²) in [6, 6.07) is 14.9. The Hall–Kier alpha value is -2.22. The molecule has 0 amide bonds. The maximum absolute atomic E-state index is 5.66. The van der Waals surface area contributed by atoms with Crippen molar-refractivity contribution in [1.82, 2.24) is 4.98 Å². The molecule has 0 spiro atoms. The molecule has 2 nitrogen and oxygen atoms in total. The van der Waals surface area contributed by atoms with Crippen LogP contribution >= 0.6 is 0 Å². The molecule has 1 aromatic heterocycles. The van der Waals surface area contributed by atoms with Crippen molar-refractivity contribution in [2.75, 3.05) is 6.61 Å². The fraction of sp³-hybridized carbons (Fsp3) is 0.222. The van der Waals surface area contributed by atoms with E-state index in [1.54, 1.807) is 0 Å². The highest BCUT2D eigenvalue weighted by molar-refractivity contribution is 5.86. The smallest absolute Gasteiger partial charge is 0.122 e. The number of ether oxygens (including phenoxy) is 1. The third-order valence-electron chi connectivity index (χ3n) is 3.64. The van der Waals surface area contributed by atoms with Gasteiger partial charge in [-0.1, -0.05) is 18.2 Å². The first-order valence-corrected chi connectivity index (χ1v) is 7.01. The summed E-state index contributed by atoms with van der Waals surface area (Å²) in [6.45, 7) is 6.94. The lowest BCUT2D eigenvalue weighted by Gasteiger charge is -2.11. The number of aromatic nitrogens is 1. The van der Waals surface area contributed by atoms with E-state index < -0.39 is 0 Å². The van der Waals surface area contributed by atoms with Crippen LogP contribution in [-0.2, 0) is 0 Å². The van der Waals surface area contributed by atoms with Crippen LogP contribution in [0.4, 0.5) is 0 Å². The molecule has 3 aromatic rings. The summed E-state index contributed by atoms with van der Waals surface area (Å²) in [4.78, 5) is 3.49. The summed E-state index contributed by atoms with van der Waals surface area (Å²) in [5.74, 6) is 0.977. The molecule has 1 N–H and O–H groups in total. The molecule has 0 fully saturated rings. The van der Waals surface area contributed by atoms with Crippen LogP contribution in [0.3, 0.4) is 0 Å². The molecule has 20 heavy (non-hydrogen) atoms. The van der Waals surface area contributed by atoms with Crippen molar-refractivity contribution in [3.63, 3.8) is 0 Å². The van der Waals surface area contributed by atoms with Crippen LogP contribution in [0.5, 0.6) is 5.75 Å². The number of aryl methyl sites for hydroxylation is 2. The van der Waals surface area contributed by atoms with Crippen molar-refractivity contribution in [3.05, 3.63) is 53.6 Å². The summed E-state index contributed by atoms with van der Waals surface area (Å²) < 4.78 is 5.66. The van der Waals surface area contributed by atoms with Gasteiger partial charge in [0, 0.05) is 22.2 Å². The number of aromatic amines is 1. The molecule has 0 bridgehead atoms. The Bertz CT molecular complexity index is 722. The van der Waals surface area contributed by atoms with E-state index in [1.165, 1.54) is 27.6 Å². The molecule has 1 heterocycles. The number of fused-ring (bicyclic) bond motifs is 1. The lowest BCUT2D eigenvalue weighted by Crippen LogP contribution is -1.96. The average molecular weight is 265 g/mol. The van der Waals surface area contributed by atoms with Crippen molar-refractivity contribution >= 4 is 10.9 Å². The zero-order chi connectivity index (χ0) is 14.1. The highest BCUT2D eigenvalue weighted by Crippen LogP contribution is 2.31. The number of para-hydroxylation sites is 1. The number of rotatable bonds is 3. The quantitative estimate of drug-likeness (QED) is 0.719. The predicted octanol–water partition coefficient (Wildman–Crippen LogP) is 4.85. The van der Waals surface area contributed by atoms with Gasteiger partial charge in [0.15, 0.2) is 0 Å². The van der Waals surface area contributed by atoms with Crippen molar-refractivity contribution in [2.24, 2.45) is 0 Å². The molecule has 0 aliphatic heterocycles. The van der Waals surface area contributed by atoms with Gasteiger partial charge in [-0.2, -0.15) is 0 Å². The Morgan fingerprint density at radius 1 is 1.00 bits per heavy atom. The van der Waals surface area contributed by atoms with Gasteiger partial charge < -0.3 is 9.72 Å². The molecule has 0 atom stereocenters. The minimum atomic E-state index is 0.700. The molecule has 0 aliphatic carbocycles. The SMILES string of the molecule is CCOc1cc(C)c(-c2cc3ccccc3[nH]2)cc1C. The van der Waals surface area contributed by atoms with E-state index in [0.29, 0.717) is 6.61 Å². The van der Waals surface area contributed by atoms with Gasteiger partial charge >= 0.3 is 0 Å². The fourth-order valence-electron chi connectivity index (χ4n) is 2.61. The maximum Gasteiger partial charge on any atom is 0.122 e. The van der Waals surface area contributed by atoms with Crippen molar-refractivity contribution in [2.45, 2.75) is 20.8 Å². The van der Waals surface area contributed by atoms with Gasteiger partial charge in [-0.3, -0.25) is 0 Å². The highest BCUT2D eigenvalue weighted by atomic mass is 16.5. The van der Waals surface area contributed by atoms with E-state index in [9.17, 15) is 0 Å². The van der Waals surface area contributed by atoms with Gasteiger partial charge in [0.05, 0.1) is 6.61 Å². The average Bonchev–Trinajstić information content (AvgIpc) is 2.86. The van der Waals surface area contributed by atoms with E-state index in [-0.39, 0.29) is 0 Å². The first-order valence-electron chi connectivity index (χ1n) is 7.01. The van der Waals surface area contributed by atoms with Gasteiger partial charge in [-0.15, -0.1) is 0 Å². The lowest BCUT2D eigenvalue weighted by molar-refractivity contribution is 0.337. The van der Waals surface area contributed by atoms with Crippen LogP contribution in [-0.4, -0.2) is 11.6 Å². The second-order valence-corrected chi connectivity index (χ2v) is 5.14. The molecule has 0 unspecified atom stereocenters. The molecule has 0 radical (unpaired) electrons. The Morgan fingerprint density at radius 2 is 1.80 bits per heavy atom. The molecule has 102 valence electrons. The molecule has 3 rings (SSSR count). The zero-order valence-electron chi connectivity index (χ0n) is 12.2. The summed E-state index contributed by atoms with van der Waals surface area (Å²) in [5, 5.41) is 1.24. The van der Waals surface area contributed by atoms with Gasteiger partial charge in [-0.25, -0.2) is 0 Å². The second kappa shape index (κ2) is 5.04. The topological polar surface area (TPSA) is 25.0 Å². The molecule has 0 saturated carbocycles. The predicted molar refractivity (Wildman–Crippen MR) is 84.4 cm³/mol. The third-order valence-corrected chi connectivity index (χ3v) is 3.64. The molecule has 0 aliphatic rings. The third kappa shape index (κ3) is 2.18. The standard InChI is InChI=1S/C18H19NO/c1-4-20-18-10-12(2)15(9-13(18)3)17-11-14-7-5-6-8-16(14)19-17/h5-11,19H,4H2,1-3H3. The number of nitrogens with one attached hydrogen (secondary N) is 1. The van der Waals surface area contributed by atoms with E-state index in [2.05, 4.69) is 61.3 Å². The lowest BCUT2D eigenvalue weighted by atomic mass is 10.0. The van der Waals surface area contributed by atoms with Crippen molar-refractivity contribution in [1.29, 1.82) is 0 Å². The normalized spacial score (nSPS) is 10.9. The van der Waals surface area contributed by atoms with Gasteiger partial charge in [-0.05, 0) is 56.2 Å². The van der Waals surface area contributed by atoms with Gasteiger partial charge in [0.1, 0.15) is 5.75 Å². The minimum Gasteiger partial charge on any atom is -0.494 e. The van der Waals surface area contributed by atoms with E-state index in [4.69, 9.17) is 4.74 Å². The molecule has 0 saturated heterocycles. The molecular formula is C18H19NO. The van der Waals surface area contributed by atoms with Crippen molar-refractivity contribution in [3.8, 4) is 17.0 Å². The summed E-state index contributed by atoms with van der Waals surface area (Å²) in [5.41, 5.74) is 5.97. The summed E-state index contributed by atoms with van der Waals surface area (Å²) in [6.07, 6.45) is 0. The summed E-state index contributed by atoms with van der Waals surface area (Å²) in [7, 11) is 0. The van der Waals surface area contributed by atoms with Crippen LogP contribution in [0.15, 0.2) is 42.5 Å². The largest absolute Gasteiger partial charge is 0.494 e. The zero-order valence-corrected chi connectivity index (χ0v) is 12.2. The van der Waals surface area contributed by atoms with Crippen LogP contribution in [0.1, 0.15) is 18.1 Å². The number of benzene rings is 2. The first-order chi connectivity index (χ1) is 9.69. The van der Waals surface area contributed by atoms with Crippen molar-refractivity contribution < 1.29 is 4.74 Å². The van der Waals surface area contributed by atoms with Gasteiger partial charge in [0.2, 0.25) is 0 Å². The number of H-pyrrole nitrogens is 1. The van der Waals surface area contributed by atoms with Crippen LogP contribution in [0, 0.1) is 13.8 Å². The van der Waals surface area contributed by atoms with Crippen LogP contribution < -0.4 is 4.74 Å². The summed E-state index contributed by atoms with van der Waals surface area (Å²) >= 11 is 0. The van der Waals surface area contributed by atoms with E-state index in [0.717, 1.165) is 11.4 Å². The minimum absolute atomic E-state index is 0.700. The van der Waals surface area contributed by atoms with Crippen LogP contribution in [0.2, 0.25) is 0 Å². The Balaban J connectivity index is 2.11. The number of hydrogen-bond donors (Lipinski definition) is 1. The monoisotopic (exact) mass is 265 g/mol. The van der Waals surface area contributed by atoms with E-state index >= 15 is 0 Å². The highest BCUT2D eigenvalue weighted by Gasteiger charge is 2.09. The Kier molecular flexibility index (Phi) is 3.23. The molecule has 2 heteroatoms. The maximum atomic E-state index is 5.66. The first kappa shape index (κ1) is 12.8. The Morgan fingerprint density at radius 3 is 2.55 bits per heavy atom. The Labute approximate surface area is 119 Å². The fourth-order valence-corrected chi connectivity index (χ4v) is 2.61. The molecular weight excluding hydrogens is 246 g/mol. The van der Waals surface area contributed by atoms with Crippen LogP contribution in [0.25, 0.3) is 22.2 Å². The second-order valence-electron chi connectivity index (χ2n) is 5.14. The number of hydrogen-bond acceptors (Lipinski definition) is 1.